The van der Waals surface area contributed by atoms with Crippen LogP contribution in [0, 0.1) is 5.82 Å². The van der Waals surface area contributed by atoms with Crippen molar-refractivity contribution in [1.29, 1.82) is 0 Å². The summed E-state index contributed by atoms with van der Waals surface area (Å²) in [4.78, 5) is 15.9. The lowest BCUT2D eigenvalue weighted by atomic mass is 10.1. The topological polar surface area (TPSA) is 35.6 Å². The molecule has 0 aromatic heterocycles. The van der Waals surface area contributed by atoms with Gasteiger partial charge in [-0.1, -0.05) is 6.07 Å². The largest absolute Gasteiger partial charge is 0.314 e. The Morgan fingerprint density at radius 1 is 1.56 bits per heavy atom. The van der Waals surface area contributed by atoms with Crippen LogP contribution in [0.4, 0.5) is 10.1 Å². The van der Waals surface area contributed by atoms with E-state index in [9.17, 15) is 9.18 Å². The van der Waals surface area contributed by atoms with Crippen LogP contribution in [-0.4, -0.2) is 50.6 Å². The Bertz CT molecular complexity index is 438. The summed E-state index contributed by atoms with van der Waals surface area (Å²) < 4.78 is 13.1. The monoisotopic (exact) mass is 251 g/mol. The van der Waals surface area contributed by atoms with Crippen molar-refractivity contribution in [2.75, 3.05) is 38.6 Å². The second-order valence-electron chi connectivity index (χ2n) is 4.58. The van der Waals surface area contributed by atoms with Gasteiger partial charge in [-0.05, 0) is 25.2 Å². The molecule has 1 amide bonds. The first-order valence-corrected chi connectivity index (χ1v) is 6.03. The second kappa shape index (κ2) is 5.46. The zero-order chi connectivity index (χ0) is 13.1. The predicted octanol–water partition coefficient (Wildman–Crippen LogP) is 0.692. The van der Waals surface area contributed by atoms with Gasteiger partial charge in [-0.2, -0.15) is 0 Å². The number of piperazine rings is 1. The van der Waals surface area contributed by atoms with Crippen LogP contribution < -0.4 is 10.2 Å². The molecule has 4 nitrogen and oxygen atoms in total. The molecule has 1 N–H and O–H groups in total. The summed E-state index contributed by atoms with van der Waals surface area (Å²) in [7, 11) is 3.61. The van der Waals surface area contributed by atoms with Gasteiger partial charge in [0.15, 0.2) is 0 Å². The Morgan fingerprint density at radius 3 is 3.00 bits per heavy atom. The molecule has 18 heavy (non-hydrogen) atoms. The highest BCUT2D eigenvalue weighted by Crippen LogP contribution is 2.16. The highest BCUT2D eigenvalue weighted by molar-refractivity contribution is 5.96. The van der Waals surface area contributed by atoms with Crippen molar-refractivity contribution >= 4 is 11.6 Å². The molecule has 1 aliphatic heterocycles. The number of rotatable bonds is 2. The SMILES string of the molecule is CN(C(=O)C1CNCCN1C)c1cccc(F)c1. The molecule has 1 unspecified atom stereocenters. The lowest BCUT2D eigenvalue weighted by Crippen LogP contribution is -2.56. The molecule has 1 heterocycles. The van der Waals surface area contributed by atoms with Crippen LogP contribution in [-0.2, 0) is 4.79 Å². The van der Waals surface area contributed by atoms with Crippen molar-refractivity contribution in [2.45, 2.75) is 6.04 Å². The third-order valence-electron chi connectivity index (χ3n) is 3.32. The standard InChI is InChI=1S/C13H18FN3O/c1-16-7-6-15-9-12(16)13(18)17(2)11-5-3-4-10(14)8-11/h3-5,8,12,15H,6-7,9H2,1-2H3. The van der Waals surface area contributed by atoms with Crippen molar-refractivity contribution in [3.63, 3.8) is 0 Å². The molecule has 1 aromatic carbocycles. The lowest BCUT2D eigenvalue weighted by Gasteiger charge is -2.34. The van der Waals surface area contributed by atoms with E-state index in [1.807, 2.05) is 11.9 Å². The van der Waals surface area contributed by atoms with Crippen LogP contribution in [0.15, 0.2) is 24.3 Å². The zero-order valence-corrected chi connectivity index (χ0v) is 10.7. The van der Waals surface area contributed by atoms with Crippen LogP contribution >= 0.6 is 0 Å². The third-order valence-corrected chi connectivity index (χ3v) is 3.32. The molecule has 1 aliphatic rings. The fourth-order valence-electron chi connectivity index (χ4n) is 2.12. The molecule has 1 saturated heterocycles. The van der Waals surface area contributed by atoms with E-state index in [1.54, 1.807) is 19.2 Å². The maximum atomic E-state index is 13.1. The minimum Gasteiger partial charge on any atom is -0.314 e. The van der Waals surface area contributed by atoms with Crippen molar-refractivity contribution in [1.82, 2.24) is 10.2 Å². The number of nitrogens with zero attached hydrogens (tertiary/aromatic N) is 2. The maximum Gasteiger partial charge on any atom is 0.245 e. The Hall–Kier alpha value is -1.46. The van der Waals surface area contributed by atoms with Crippen LogP contribution in [0.3, 0.4) is 0 Å². The van der Waals surface area contributed by atoms with Crippen LogP contribution in [0.5, 0.6) is 0 Å². The fraction of sp³-hybridized carbons (Fsp3) is 0.462. The quantitative estimate of drug-likeness (QED) is 0.840. The van der Waals surface area contributed by atoms with E-state index in [1.165, 1.54) is 17.0 Å². The van der Waals surface area contributed by atoms with Crippen LogP contribution in [0.2, 0.25) is 0 Å². The van der Waals surface area contributed by atoms with Gasteiger partial charge in [0.25, 0.3) is 0 Å². The molecule has 2 rings (SSSR count). The summed E-state index contributed by atoms with van der Waals surface area (Å²) in [6, 6.07) is 5.89. The summed E-state index contributed by atoms with van der Waals surface area (Å²) in [5.41, 5.74) is 0.582. The van der Waals surface area contributed by atoms with Crippen molar-refractivity contribution in [3.05, 3.63) is 30.1 Å². The second-order valence-corrected chi connectivity index (χ2v) is 4.58. The summed E-state index contributed by atoms with van der Waals surface area (Å²) in [5.74, 6) is -0.349. The van der Waals surface area contributed by atoms with Crippen molar-refractivity contribution in [2.24, 2.45) is 0 Å². The number of amides is 1. The van der Waals surface area contributed by atoms with Crippen molar-refractivity contribution < 1.29 is 9.18 Å². The van der Waals surface area contributed by atoms with Crippen molar-refractivity contribution in [3.8, 4) is 0 Å². The number of likely N-dealkylation sites (N-methyl/N-ethyl adjacent to an activating group) is 2. The fourth-order valence-corrected chi connectivity index (χ4v) is 2.12. The van der Waals surface area contributed by atoms with Gasteiger partial charge in [0.05, 0.1) is 0 Å². The highest BCUT2D eigenvalue weighted by Gasteiger charge is 2.28. The molecule has 0 bridgehead atoms. The minimum atomic E-state index is -0.331. The van der Waals surface area contributed by atoms with E-state index in [2.05, 4.69) is 5.32 Å². The molecule has 98 valence electrons. The Kier molecular flexibility index (Phi) is 3.93. The molecule has 0 aliphatic carbocycles. The van der Waals surface area contributed by atoms with Gasteiger partial charge in [-0.25, -0.2) is 4.39 Å². The van der Waals surface area contributed by atoms with E-state index in [0.717, 1.165) is 13.1 Å². The molecular formula is C13H18FN3O. The van der Waals surface area contributed by atoms with Gasteiger partial charge >= 0.3 is 0 Å². The number of carbonyl (C=O) groups excluding carboxylic acids is 1. The van der Waals surface area contributed by atoms with Gasteiger partial charge in [0.1, 0.15) is 11.9 Å². The number of nitrogens with one attached hydrogen (secondary N) is 1. The number of hydrogen-bond donors (Lipinski definition) is 1. The van der Waals surface area contributed by atoms with Gasteiger partial charge in [-0.15, -0.1) is 0 Å². The van der Waals surface area contributed by atoms with Gasteiger partial charge in [0.2, 0.25) is 5.91 Å². The van der Waals surface area contributed by atoms with E-state index in [4.69, 9.17) is 0 Å². The number of halogens is 1. The Balaban J connectivity index is 2.13. The van der Waals surface area contributed by atoms with Gasteiger partial charge < -0.3 is 10.2 Å². The number of hydrogen-bond acceptors (Lipinski definition) is 3. The van der Waals surface area contributed by atoms with E-state index >= 15 is 0 Å². The lowest BCUT2D eigenvalue weighted by molar-refractivity contribution is -0.123. The van der Waals surface area contributed by atoms with E-state index in [0.29, 0.717) is 12.2 Å². The predicted molar refractivity (Wildman–Crippen MR) is 69.1 cm³/mol. The van der Waals surface area contributed by atoms with Gasteiger partial charge in [0, 0.05) is 32.4 Å². The molecule has 1 fully saturated rings. The number of carbonyl (C=O) groups is 1. The van der Waals surface area contributed by atoms with Crippen LogP contribution in [0.25, 0.3) is 0 Å². The average Bonchev–Trinajstić information content (AvgIpc) is 2.37. The minimum absolute atomic E-state index is 0.0182. The summed E-state index contributed by atoms with van der Waals surface area (Å²) >= 11 is 0. The van der Waals surface area contributed by atoms with Gasteiger partial charge in [-0.3, -0.25) is 9.69 Å². The summed E-state index contributed by atoms with van der Waals surface area (Å²) in [6.07, 6.45) is 0. The first-order valence-electron chi connectivity index (χ1n) is 6.03. The normalized spacial score (nSPS) is 20.7. The Morgan fingerprint density at radius 2 is 2.33 bits per heavy atom. The van der Waals surface area contributed by atoms with Crippen LogP contribution in [0.1, 0.15) is 0 Å². The zero-order valence-electron chi connectivity index (χ0n) is 10.7. The average molecular weight is 251 g/mol. The highest BCUT2D eigenvalue weighted by atomic mass is 19.1. The summed E-state index contributed by atoms with van der Waals surface area (Å²) in [5, 5.41) is 3.20. The maximum absolute atomic E-state index is 13.1. The summed E-state index contributed by atoms with van der Waals surface area (Å²) in [6.45, 7) is 2.37. The number of anilines is 1. The molecule has 0 spiro atoms. The molecule has 1 aromatic rings. The molecule has 5 heteroatoms. The smallest absolute Gasteiger partial charge is 0.245 e. The molecule has 0 radical (unpaired) electrons. The third kappa shape index (κ3) is 2.68. The van der Waals surface area contributed by atoms with E-state index < -0.39 is 0 Å². The molecule has 1 atom stereocenters. The van der Waals surface area contributed by atoms with E-state index in [-0.39, 0.29) is 17.8 Å². The Labute approximate surface area is 106 Å². The molecule has 0 saturated carbocycles. The number of benzene rings is 1. The first kappa shape index (κ1) is 13.0. The molecular weight excluding hydrogens is 233 g/mol. The first-order chi connectivity index (χ1) is 8.59.